The topological polar surface area (TPSA) is 55.0 Å². The van der Waals surface area contributed by atoms with Crippen molar-refractivity contribution in [3.63, 3.8) is 0 Å². The summed E-state index contributed by atoms with van der Waals surface area (Å²) in [5.74, 6) is 0.952. The van der Waals surface area contributed by atoms with Crippen LogP contribution in [0.25, 0.3) is 0 Å². The fourth-order valence-corrected chi connectivity index (χ4v) is 2.64. The largest absolute Gasteiger partial charge is 0.388 e. The van der Waals surface area contributed by atoms with Gasteiger partial charge in [0.2, 0.25) is 0 Å². The van der Waals surface area contributed by atoms with Gasteiger partial charge in [-0.2, -0.15) is 0 Å². The summed E-state index contributed by atoms with van der Waals surface area (Å²) in [6.07, 6.45) is 9.71. The molecular weight excluding hydrogens is 244 g/mol. The van der Waals surface area contributed by atoms with Gasteiger partial charge in [0.05, 0.1) is 12.4 Å². The molecule has 1 aliphatic heterocycles. The molecule has 0 aromatic carbocycles. The Balaban J connectivity index is 2.15. The van der Waals surface area contributed by atoms with Gasteiger partial charge in [-0.1, -0.05) is 25.6 Å². The molecule has 0 spiro atoms. The van der Waals surface area contributed by atoms with E-state index >= 15 is 0 Å². The number of thiocarbonyl (C=S) groups is 1. The summed E-state index contributed by atoms with van der Waals surface area (Å²) in [5, 5.41) is 0. The minimum atomic E-state index is 0.304. The summed E-state index contributed by atoms with van der Waals surface area (Å²) in [5.41, 5.74) is 6.13. The van der Waals surface area contributed by atoms with E-state index < -0.39 is 0 Å². The molecule has 1 aromatic rings. The van der Waals surface area contributed by atoms with Gasteiger partial charge in [0.1, 0.15) is 16.5 Å². The maximum absolute atomic E-state index is 5.53. The zero-order valence-electron chi connectivity index (χ0n) is 10.8. The van der Waals surface area contributed by atoms with Gasteiger partial charge < -0.3 is 10.6 Å². The van der Waals surface area contributed by atoms with Crippen LogP contribution in [0, 0.1) is 0 Å². The summed E-state index contributed by atoms with van der Waals surface area (Å²) in [4.78, 5) is 11.4. The van der Waals surface area contributed by atoms with Crippen molar-refractivity contribution in [1.29, 1.82) is 0 Å². The Kier molecular flexibility index (Phi) is 4.47. The number of nitrogens with zero attached hydrogens (tertiary/aromatic N) is 3. The van der Waals surface area contributed by atoms with Crippen molar-refractivity contribution >= 4 is 23.0 Å². The normalized spacial score (nSPS) is 19.8. The highest BCUT2D eigenvalue weighted by molar-refractivity contribution is 7.80. The van der Waals surface area contributed by atoms with E-state index in [4.69, 9.17) is 18.0 Å². The second-order valence-corrected chi connectivity index (χ2v) is 5.20. The molecule has 4 nitrogen and oxygen atoms in total. The first-order chi connectivity index (χ1) is 8.72. The Bertz CT molecular complexity index is 402. The van der Waals surface area contributed by atoms with Gasteiger partial charge in [-0.05, 0) is 25.7 Å². The Morgan fingerprint density at radius 3 is 2.89 bits per heavy atom. The van der Waals surface area contributed by atoms with Crippen LogP contribution in [0.4, 0.5) is 5.82 Å². The van der Waals surface area contributed by atoms with Gasteiger partial charge in [-0.25, -0.2) is 9.97 Å². The fourth-order valence-electron chi connectivity index (χ4n) is 2.53. The standard InChI is InChI=1S/C13H20N4S/c1-2-5-10-6-3-4-7-17(10)12-9-15-11(8-16-12)13(14)18/h8-10H,2-7H2,1H3,(H2,14,18). The van der Waals surface area contributed by atoms with E-state index in [2.05, 4.69) is 21.8 Å². The number of hydrogen-bond donors (Lipinski definition) is 1. The molecule has 18 heavy (non-hydrogen) atoms. The molecule has 1 fully saturated rings. The Labute approximate surface area is 114 Å². The lowest BCUT2D eigenvalue weighted by atomic mass is 9.98. The highest BCUT2D eigenvalue weighted by Crippen LogP contribution is 2.25. The SMILES string of the molecule is CCCC1CCCCN1c1cnc(C(N)=S)cn1. The van der Waals surface area contributed by atoms with Gasteiger partial charge in [0, 0.05) is 12.6 Å². The Morgan fingerprint density at radius 1 is 1.44 bits per heavy atom. The van der Waals surface area contributed by atoms with Gasteiger partial charge >= 0.3 is 0 Å². The number of piperidine rings is 1. The molecule has 1 aliphatic rings. The molecule has 98 valence electrons. The Morgan fingerprint density at radius 2 is 2.28 bits per heavy atom. The maximum Gasteiger partial charge on any atom is 0.147 e. The second kappa shape index (κ2) is 6.09. The van der Waals surface area contributed by atoms with Gasteiger partial charge in [-0.15, -0.1) is 0 Å². The third kappa shape index (κ3) is 2.96. The molecule has 0 saturated carbocycles. The first-order valence-corrected chi connectivity index (χ1v) is 7.01. The predicted molar refractivity (Wildman–Crippen MR) is 77.8 cm³/mol. The van der Waals surface area contributed by atoms with E-state index in [1.54, 1.807) is 12.4 Å². The van der Waals surface area contributed by atoms with E-state index in [1.165, 1.54) is 32.1 Å². The summed E-state index contributed by atoms with van der Waals surface area (Å²) < 4.78 is 0. The third-order valence-corrected chi connectivity index (χ3v) is 3.64. The van der Waals surface area contributed by atoms with Gasteiger partial charge in [0.15, 0.2) is 0 Å². The zero-order valence-corrected chi connectivity index (χ0v) is 11.6. The van der Waals surface area contributed by atoms with Crippen LogP contribution in [-0.4, -0.2) is 27.5 Å². The minimum absolute atomic E-state index is 0.304. The molecule has 0 aliphatic carbocycles. The lowest BCUT2D eigenvalue weighted by molar-refractivity contribution is 0.431. The average molecular weight is 264 g/mol. The zero-order chi connectivity index (χ0) is 13.0. The van der Waals surface area contributed by atoms with Crippen molar-refractivity contribution in [3.8, 4) is 0 Å². The molecule has 1 atom stereocenters. The van der Waals surface area contributed by atoms with Crippen LogP contribution in [0.3, 0.4) is 0 Å². The molecular formula is C13H20N4S. The smallest absolute Gasteiger partial charge is 0.147 e. The number of aromatic nitrogens is 2. The van der Waals surface area contributed by atoms with E-state index in [0.29, 0.717) is 16.7 Å². The molecule has 1 unspecified atom stereocenters. The van der Waals surface area contributed by atoms with Gasteiger partial charge in [-0.3, -0.25) is 0 Å². The van der Waals surface area contributed by atoms with Crippen molar-refractivity contribution < 1.29 is 0 Å². The van der Waals surface area contributed by atoms with Crippen LogP contribution in [0.15, 0.2) is 12.4 Å². The van der Waals surface area contributed by atoms with Crippen LogP contribution < -0.4 is 10.6 Å². The molecule has 1 aromatic heterocycles. The molecule has 5 heteroatoms. The highest BCUT2D eigenvalue weighted by atomic mass is 32.1. The monoisotopic (exact) mass is 264 g/mol. The van der Waals surface area contributed by atoms with E-state index in [9.17, 15) is 0 Å². The quantitative estimate of drug-likeness (QED) is 0.845. The van der Waals surface area contributed by atoms with Crippen molar-refractivity contribution in [2.45, 2.75) is 45.1 Å². The predicted octanol–water partition coefficient (Wildman–Crippen LogP) is 2.27. The lowest BCUT2D eigenvalue weighted by Crippen LogP contribution is -2.40. The maximum atomic E-state index is 5.53. The number of rotatable bonds is 4. The molecule has 0 amide bonds. The first kappa shape index (κ1) is 13.2. The van der Waals surface area contributed by atoms with Gasteiger partial charge in [0.25, 0.3) is 0 Å². The van der Waals surface area contributed by atoms with Crippen molar-refractivity contribution in [2.75, 3.05) is 11.4 Å². The number of nitrogens with two attached hydrogens (primary N) is 1. The lowest BCUT2D eigenvalue weighted by Gasteiger charge is -2.36. The van der Waals surface area contributed by atoms with Crippen molar-refractivity contribution in [2.24, 2.45) is 5.73 Å². The van der Waals surface area contributed by atoms with E-state index in [-0.39, 0.29) is 0 Å². The Hall–Kier alpha value is -1.23. The second-order valence-electron chi connectivity index (χ2n) is 4.76. The average Bonchev–Trinajstić information content (AvgIpc) is 2.40. The van der Waals surface area contributed by atoms with Crippen LogP contribution in [0.5, 0.6) is 0 Å². The van der Waals surface area contributed by atoms with E-state index in [0.717, 1.165) is 12.4 Å². The van der Waals surface area contributed by atoms with Crippen LogP contribution in [0.2, 0.25) is 0 Å². The summed E-state index contributed by atoms with van der Waals surface area (Å²) in [6.45, 7) is 3.31. The fraction of sp³-hybridized carbons (Fsp3) is 0.615. The van der Waals surface area contributed by atoms with Crippen molar-refractivity contribution in [1.82, 2.24) is 9.97 Å². The third-order valence-electron chi connectivity index (χ3n) is 3.43. The summed E-state index contributed by atoms with van der Waals surface area (Å²) in [7, 11) is 0. The molecule has 2 rings (SSSR count). The van der Waals surface area contributed by atoms with E-state index in [1.807, 2.05) is 0 Å². The van der Waals surface area contributed by atoms with Crippen molar-refractivity contribution in [3.05, 3.63) is 18.1 Å². The van der Waals surface area contributed by atoms with Crippen LogP contribution in [-0.2, 0) is 0 Å². The number of hydrogen-bond acceptors (Lipinski definition) is 4. The molecule has 0 bridgehead atoms. The summed E-state index contributed by atoms with van der Waals surface area (Å²) >= 11 is 4.89. The molecule has 1 saturated heterocycles. The summed E-state index contributed by atoms with van der Waals surface area (Å²) in [6, 6.07) is 0.605. The molecule has 2 heterocycles. The minimum Gasteiger partial charge on any atom is -0.388 e. The first-order valence-electron chi connectivity index (χ1n) is 6.61. The van der Waals surface area contributed by atoms with Crippen LogP contribution in [0.1, 0.15) is 44.7 Å². The van der Waals surface area contributed by atoms with Crippen LogP contribution >= 0.6 is 12.2 Å². The highest BCUT2D eigenvalue weighted by Gasteiger charge is 2.22. The molecule has 0 radical (unpaired) electrons. The number of anilines is 1. The molecule has 2 N–H and O–H groups in total.